The van der Waals surface area contributed by atoms with E-state index >= 15 is 0 Å². The third kappa shape index (κ3) is 1.70. The van der Waals surface area contributed by atoms with Gasteiger partial charge in [0.05, 0.1) is 0 Å². The molecular formula is C10H12N2S. The van der Waals surface area contributed by atoms with E-state index in [4.69, 9.17) is 11.1 Å². The van der Waals surface area contributed by atoms with Gasteiger partial charge in [-0.15, -0.1) is 0 Å². The highest BCUT2D eigenvalue weighted by molar-refractivity contribution is 8.13. The molecule has 2 nitrogen and oxygen atoms in total. The first-order valence-corrected chi connectivity index (χ1v) is 5.30. The van der Waals surface area contributed by atoms with E-state index in [9.17, 15) is 0 Å². The number of benzene rings is 1. The van der Waals surface area contributed by atoms with Crippen LogP contribution in [0.25, 0.3) is 0 Å². The van der Waals surface area contributed by atoms with Gasteiger partial charge in [0.1, 0.15) is 0 Å². The van der Waals surface area contributed by atoms with Gasteiger partial charge in [0.2, 0.25) is 0 Å². The van der Waals surface area contributed by atoms with Gasteiger partial charge in [-0.2, -0.15) is 0 Å². The van der Waals surface area contributed by atoms with Crippen LogP contribution in [0, 0.1) is 5.41 Å². The Morgan fingerprint density at radius 3 is 3.00 bits per heavy atom. The summed E-state index contributed by atoms with van der Waals surface area (Å²) in [6.45, 7) is 0. The molecule has 1 unspecified atom stereocenters. The van der Waals surface area contributed by atoms with Crippen LogP contribution < -0.4 is 5.73 Å². The standard InChI is InChI=1S/C10H12N2S/c11-10(12)13-6-8-5-7-3-1-2-4-9(7)8/h1-4,8H,5-6H2,(H3,11,12). The Morgan fingerprint density at radius 2 is 2.31 bits per heavy atom. The van der Waals surface area contributed by atoms with E-state index in [1.165, 1.54) is 22.9 Å². The molecule has 0 saturated heterocycles. The van der Waals surface area contributed by atoms with E-state index in [1.807, 2.05) is 0 Å². The number of hydrogen-bond donors (Lipinski definition) is 2. The lowest BCUT2D eigenvalue weighted by Gasteiger charge is -2.29. The van der Waals surface area contributed by atoms with Gasteiger partial charge < -0.3 is 5.73 Å². The van der Waals surface area contributed by atoms with Gasteiger partial charge in [-0.3, -0.25) is 5.41 Å². The van der Waals surface area contributed by atoms with Crippen molar-refractivity contribution in [3.05, 3.63) is 35.4 Å². The molecule has 1 aliphatic carbocycles. The largest absolute Gasteiger partial charge is 0.379 e. The zero-order valence-electron chi connectivity index (χ0n) is 7.29. The van der Waals surface area contributed by atoms with Gasteiger partial charge in [0, 0.05) is 5.75 Å². The molecule has 0 amide bonds. The predicted molar refractivity (Wildman–Crippen MR) is 57.3 cm³/mol. The van der Waals surface area contributed by atoms with Gasteiger partial charge in [0.15, 0.2) is 5.17 Å². The van der Waals surface area contributed by atoms with Crippen molar-refractivity contribution in [1.82, 2.24) is 0 Å². The molecule has 0 radical (unpaired) electrons. The van der Waals surface area contributed by atoms with Gasteiger partial charge >= 0.3 is 0 Å². The zero-order chi connectivity index (χ0) is 9.26. The zero-order valence-corrected chi connectivity index (χ0v) is 8.10. The lowest BCUT2D eigenvalue weighted by Crippen LogP contribution is -2.20. The van der Waals surface area contributed by atoms with Crippen LogP contribution in [0.3, 0.4) is 0 Å². The minimum absolute atomic E-state index is 0.226. The number of rotatable bonds is 2. The molecule has 68 valence electrons. The maximum atomic E-state index is 7.11. The Hall–Kier alpha value is -0.960. The Kier molecular flexibility index (Phi) is 2.27. The Labute approximate surface area is 82.0 Å². The minimum atomic E-state index is 0.226. The summed E-state index contributed by atoms with van der Waals surface area (Å²) in [4.78, 5) is 0. The van der Waals surface area contributed by atoms with Crippen molar-refractivity contribution in [3.8, 4) is 0 Å². The SMILES string of the molecule is N=C(N)SCC1Cc2ccccc21. The molecule has 1 atom stereocenters. The van der Waals surface area contributed by atoms with Crippen molar-refractivity contribution in [2.24, 2.45) is 5.73 Å². The molecule has 2 rings (SSSR count). The highest BCUT2D eigenvalue weighted by Crippen LogP contribution is 2.36. The molecule has 0 bridgehead atoms. The van der Waals surface area contributed by atoms with E-state index in [1.54, 1.807) is 0 Å². The molecule has 0 spiro atoms. The second-order valence-corrected chi connectivity index (χ2v) is 4.34. The van der Waals surface area contributed by atoms with Crippen molar-refractivity contribution in [3.63, 3.8) is 0 Å². The monoisotopic (exact) mass is 192 g/mol. The third-order valence-electron chi connectivity index (χ3n) is 2.40. The molecule has 1 aromatic carbocycles. The van der Waals surface area contributed by atoms with Crippen LogP contribution in [0.15, 0.2) is 24.3 Å². The summed E-state index contributed by atoms with van der Waals surface area (Å²) in [5.41, 5.74) is 8.18. The average Bonchev–Trinajstić information content (AvgIpc) is 2.06. The van der Waals surface area contributed by atoms with Crippen LogP contribution in [0.2, 0.25) is 0 Å². The Morgan fingerprint density at radius 1 is 1.54 bits per heavy atom. The van der Waals surface area contributed by atoms with E-state index in [-0.39, 0.29) is 5.17 Å². The van der Waals surface area contributed by atoms with Crippen LogP contribution in [0.5, 0.6) is 0 Å². The lowest BCUT2D eigenvalue weighted by atomic mass is 9.79. The third-order valence-corrected chi connectivity index (χ3v) is 3.28. The van der Waals surface area contributed by atoms with Crippen LogP contribution >= 0.6 is 11.8 Å². The van der Waals surface area contributed by atoms with Gasteiger partial charge in [0.25, 0.3) is 0 Å². The summed E-state index contributed by atoms with van der Waals surface area (Å²) < 4.78 is 0. The van der Waals surface area contributed by atoms with Gasteiger partial charge in [-0.25, -0.2) is 0 Å². The molecule has 13 heavy (non-hydrogen) atoms. The minimum Gasteiger partial charge on any atom is -0.379 e. The number of thioether (sulfide) groups is 1. The molecule has 0 aliphatic heterocycles. The summed E-state index contributed by atoms with van der Waals surface area (Å²) in [6, 6.07) is 8.49. The molecule has 3 N–H and O–H groups in total. The fourth-order valence-electron chi connectivity index (χ4n) is 1.70. The number of hydrogen-bond acceptors (Lipinski definition) is 2. The van der Waals surface area contributed by atoms with Crippen molar-refractivity contribution >= 4 is 16.9 Å². The van der Waals surface area contributed by atoms with Crippen LogP contribution in [-0.4, -0.2) is 10.9 Å². The fourth-order valence-corrected chi connectivity index (χ4v) is 2.38. The Bertz CT molecular complexity index is 335. The number of amidine groups is 1. The smallest absolute Gasteiger partial charge is 0.151 e. The van der Waals surface area contributed by atoms with E-state index < -0.39 is 0 Å². The van der Waals surface area contributed by atoms with Gasteiger partial charge in [-0.05, 0) is 23.5 Å². The summed E-state index contributed by atoms with van der Waals surface area (Å²) in [7, 11) is 0. The van der Waals surface area contributed by atoms with Gasteiger partial charge in [-0.1, -0.05) is 36.0 Å². The molecular weight excluding hydrogens is 180 g/mol. The normalized spacial score (nSPS) is 18.9. The van der Waals surface area contributed by atoms with E-state index in [2.05, 4.69) is 24.3 Å². The maximum absolute atomic E-state index is 7.11. The van der Waals surface area contributed by atoms with Crippen molar-refractivity contribution < 1.29 is 0 Å². The van der Waals surface area contributed by atoms with Crippen LogP contribution in [-0.2, 0) is 6.42 Å². The first-order valence-electron chi connectivity index (χ1n) is 4.32. The fraction of sp³-hybridized carbons (Fsp3) is 0.300. The van der Waals surface area contributed by atoms with Crippen molar-refractivity contribution in [1.29, 1.82) is 5.41 Å². The number of fused-ring (bicyclic) bond motifs is 1. The molecule has 0 heterocycles. The second-order valence-electron chi connectivity index (χ2n) is 3.28. The summed E-state index contributed by atoms with van der Waals surface area (Å²) in [6.07, 6.45) is 1.15. The first kappa shape index (κ1) is 8.63. The first-order chi connectivity index (χ1) is 6.27. The van der Waals surface area contributed by atoms with Crippen molar-refractivity contribution in [2.75, 3.05) is 5.75 Å². The lowest BCUT2D eigenvalue weighted by molar-refractivity contribution is 0.678. The topological polar surface area (TPSA) is 49.9 Å². The van der Waals surface area contributed by atoms with E-state index in [0.717, 1.165) is 12.2 Å². The number of nitrogens with one attached hydrogen (secondary N) is 1. The van der Waals surface area contributed by atoms with Crippen LogP contribution in [0.1, 0.15) is 17.0 Å². The molecule has 0 fully saturated rings. The molecule has 0 saturated carbocycles. The van der Waals surface area contributed by atoms with Crippen molar-refractivity contribution in [2.45, 2.75) is 12.3 Å². The number of nitrogens with two attached hydrogens (primary N) is 1. The molecule has 1 aromatic rings. The second kappa shape index (κ2) is 3.42. The Balaban J connectivity index is 1.98. The highest BCUT2D eigenvalue weighted by atomic mass is 32.2. The highest BCUT2D eigenvalue weighted by Gasteiger charge is 2.25. The quantitative estimate of drug-likeness (QED) is 0.556. The summed E-state index contributed by atoms with van der Waals surface area (Å²) in [5.74, 6) is 1.57. The molecule has 0 aromatic heterocycles. The predicted octanol–water partition coefficient (Wildman–Crippen LogP) is 1.95. The average molecular weight is 192 g/mol. The maximum Gasteiger partial charge on any atom is 0.151 e. The van der Waals surface area contributed by atoms with Crippen LogP contribution in [0.4, 0.5) is 0 Å². The molecule has 1 aliphatic rings. The summed E-state index contributed by atoms with van der Waals surface area (Å²) in [5, 5.41) is 7.34. The molecule has 3 heteroatoms. The summed E-state index contributed by atoms with van der Waals surface area (Å²) >= 11 is 1.44. The van der Waals surface area contributed by atoms with E-state index in [0.29, 0.717) is 5.92 Å².